The van der Waals surface area contributed by atoms with E-state index in [2.05, 4.69) is 15.0 Å². The van der Waals surface area contributed by atoms with Gasteiger partial charge in [0.05, 0.1) is 12.7 Å². The van der Waals surface area contributed by atoms with Crippen molar-refractivity contribution in [1.82, 2.24) is 15.0 Å². The fraction of sp³-hybridized carbons (Fsp3) is 0.308. The third-order valence-electron chi connectivity index (χ3n) is 2.24. The predicted molar refractivity (Wildman–Crippen MR) is 72.4 cm³/mol. The number of rotatable bonds is 5. The van der Waals surface area contributed by atoms with E-state index in [1.807, 2.05) is 13.8 Å². The Bertz CT molecular complexity index is 590. The van der Waals surface area contributed by atoms with Crippen LogP contribution in [0.25, 0.3) is 0 Å². The molecule has 3 N–H and O–H groups in total. The van der Waals surface area contributed by atoms with E-state index in [0.717, 1.165) is 5.56 Å². The molecule has 1 aromatic heterocycles. The lowest BCUT2D eigenvalue weighted by molar-refractivity contribution is 0.218. The van der Waals surface area contributed by atoms with Crippen LogP contribution in [0.5, 0.6) is 17.8 Å². The maximum Gasteiger partial charge on any atom is 0.330 e. The van der Waals surface area contributed by atoms with Gasteiger partial charge < -0.3 is 20.3 Å². The Morgan fingerprint density at radius 3 is 2.65 bits per heavy atom. The van der Waals surface area contributed by atoms with Crippen molar-refractivity contribution in [2.24, 2.45) is 0 Å². The van der Waals surface area contributed by atoms with Crippen LogP contribution in [-0.4, -0.2) is 26.2 Å². The Hall–Kier alpha value is -2.41. The highest BCUT2D eigenvalue weighted by atomic mass is 16.5. The summed E-state index contributed by atoms with van der Waals surface area (Å²) in [7, 11) is 0. The van der Waals surface area contributed by atoms with Crippen molar-refractivity contribution in [3.8, 4) is 17.8 Å². The highest BCUT2D eigenvalue weighted by molar-refractivity contribution is 5.31. The molecule has 0 aliphatic rings. The summed E-state index contributed by atoms with van der Waals surface area (Å²) in [5.74, 6) is 0.515. The van der Waals surface area contributed by atoms with Crippen LogP contribution in [0.1, 0.15) is 19.4 Å². The standard InChI is InChI=1S/C13H16N4O3/c1-8(2)19-12-15-11(14)16-13(17-12)20-10-5-3-4-9(6-10)7-18/h3-6,8,18H,7H2,1-2H3,(H2,14,15,16,17). The quantitative estimate of drug-likeness (QED) is 0.853. The molecule has 0 aliphatic heterocycles. The van der Waals surface area contributed by atoms with Crippen molar-refractivity contribution in [2.45, 2.75) is 26.6 Å². The minimum Gasteiger partial charge on any atom is -0.461 e. The first kappa shape index (κ1) is 14.0. The highest BCUT2D eigenvalue weighted by Crippen LogP contribution is 2.21. The lowest BCUT2D eigenvalue weighted by atomic mass is 10.2. The lowest BCUT2D eigenvalue weighted by Gasteiger charge is -2.09. The summed E-state index contributed by atoms with van der Waals surface area (Å²) in [6.07, 6.45) is -0.0811. The summed E-state index contributed by atoms with van der Waals surface area (Å²) in [6.45, 7) is 3.63. The van der Waals surface area contributed by atoms with Gasteiger partial charge in [0.2, 0.25) is 5.95 Å². The zero-order chi connectivity index (χ0) is 14.5. The van der Waals surface area contributed by atoms with Crippen LogP contribution in [0.4, 0.5) is 5.95 Å². The van der Waals surface area contributed by atoms with Gasteiger partial charge in [-0.25, -0.2) is 0 Å². The van der Waals surface area contributed by atoms with Gasteiger partial charge in [-0.3, -0.25) is 0 Å². The van der Waals surface area contributed by atoms with Crippen LogP contribution < -0.4 is 15.2 Å². The molecule has 0 atom stereocenters. The van der Waals surface area contributed by atoms with E-state index in [-0.39, 0.29) is 30.7 Å². The minimum absolute atomic E-state index is 0.0176. The van der Waals surface area contributed by atoms with Crippen LogP contribution in [-0.2, 0) is 6.61 Å². The average Bonchev–Trinajstić information content (AvgIpc) is 2.37. The second-order valence-electron chi connectivity index (χ2n) is 4.33. The molecule has 1 heterocycles. The van der Waals surface area contributed by atoms with E-state index in [0.29, 0.717) is 5.75 Å². The van der Waals surface area contributed by atoms with Crippen molar-refractivity contribution in [1.29, 1.82) is 0 Å². The Labute approximate surface area is 116 Å². The number of hydrogen-bond donors (Lipinski definition) is 2. The normalized spacial score (nSPS) is 10.6. The van der Waals surface area contributed by atoms with Crippen molar-refractivity contribution < 1.29 is 14.6 Å². The number of benzene rings is 1. The van der Waals surface area contributed by atoms with Crippen molar-refractivity contribution in [3.05, 3.63) is 29.8 Å². The SMILES string of the molecule is CC(C)Oc1nc(N)nc(Oc2cccc(CO)c2)n1. The van der Waals surface area contributed by atoms with E-state index >= 15 is 0 Å². The van der Waals surface area contributed by atoms with Crippen molar-refractivity contribution in [2.75, 3.05) is 5.73 Å². The first-order chi connectivity index (χ1) is 9.56. The van der Waals surface area contributed by atoms with Gasteiger partial charge in [-0.1, -0.05) is 12.1 Å². The largest absolute Gasteiger partial charge is 0.461 e. The van der Waals surface area contributed by atoms with Crippen LogP contribution >= 0.6 is 0 Å². The Morgan fingerprint density at radius 1 is 1.20 bits per heavy atom. The van der Waals surface area contributed by atoms with Crippen LogP contribution in [0.3, 0.4) is 0 Å². The first-order valence-corrected chi connectivity index (χ1v) is 6.12. The van der Waals surface area contributed by atoms with E-state index in [1.165, 1.54) is 0 Å². The third kappa shape index (κ3) is 3.79. The van der Waals surface area contributed by atoms with Gasteiger partial charge in [-0.05, 0) is 31.5 Å². The molecule has 2 rings (SSSR count). The Kier molecular flexibility index (Phi) is 4.31. The van der Waals surface area contributed by atoms with Gasteiger partial charge in [0.1, 0.15) is 5.75 Å². The molecule has 0 unspecified atom stereocenters. The maximum atomic E-state index is 9.08. The zero-order valence-electron chi connectivity index (χ0n) is 11.3. The van der Waals surface area contributed by atoms with Gasteiger partial charge in [-0.15, -0.1) is 4.98 Å². The molecule has 0 saturated heterocycles. The molecule has 7 nitrogen and oxygen atoms in total. The van der Waals surface area contributed by atoms with Gasteiger partial charge in [0.25, 0.3) is 0 Å². The van der Waals surface area contributed by atoms with Gasteiger partial charge in [-0.2, -0.15) is 9.97 Å². The molecule has 0 aliphatic carbocycles. The van der Waals surface area contributed by atoms with Crippen LogP contribution in [0.15, 0.2) is 24.3 Å². The average molecular weight is 276 g/mol. The van der Waals surface area contributed by atoms with Crippen molar-refractivity contribution >= 4 is 5.95 Å². The Balaban J connectivity index is 2.21. The maximum absolute atomic E-state index is 9.08. The fourth-order valence-corrected chi connectivity index (χ4v) is 1.47. The third-order valence-corrected chi connectivity index (χ3v) is 2.24. The number of nitrogens with zero attached hydrogens (tertiary/aromatic N) is 3. The van der Waals surface area contributed by atoms with Crippen LogP contribution in [0.2, 0.25) is 0 Å². The van der Waals surface area contributed by atoms with E-state index < -0.39 is 0 Å². The minimum atomic E-state index is -0.0811. The number of aliphatic hydroxyl groups is 1. The number of nitrogens with two attached hydrogens (primary N) is 1. The van der Waals surface area contributed by atoms with E-state index in [1.54, 1.807) is 24.3 Å². The molecule has 0 spiro atoms. The second-order valence-corrected chi connectivity index (χ2v) is 4.33. The number of anilines is 1. The van der Waals surface area contributed by atoms with Gasteiger partial charge in [0, 0.05) is 0 Å². The molecular weight excluding hydrogens is 260 g/mol. The molecular formula is C13H16N4O3. The molecule has 0 radical (unpaired) electrons. The topological polar surface area (TPSA) is 103 Å². The number of aromatic nitrogens is 3. The zero-order valence-corrected chi connectivity index (χ0v) is 11.3. The number of ether oxygens (including phenoxy) is 2. The summed E-state index contributed by atoms with van der Waals surface area (Å²) in [6, 6.07) is 7.10. The number of hydrogen-bond acceptors (Lipinski definition) is 7. The number of nitrogen functional groups attached to an aromatic ring is 1. The Morgan fingerprint density at radius 2 is 1.95 bits per heavy atom. The summed E-state index contributed by atoms with van der Waals surface area (Å²) in [5, 5.41) is 9.08. The summed E-state index contributed by atoms with van der Waals surface area (Å²) in [5.41, 5.74) is 6.31. The molecule has 106 valence electrons. The molecule has 7 heteroatoms. The molecule has 0 saturated carbocycles. The molecule has 20 heavy (non-hydrogen) atoms. The predicted octanol–water partition coefficient (Wildman–Crippen LogP) is 1.53. The molecule has 0 amide bonds. The molecule has 2 aromatic rings. The number of aliphatic hydroxyl groups excluding tert-OH is 1. The van der Waals surface area contributed by atoms with E-state index in [9.17, 15) is 0 Å². The van der Waals surface area contributed by atoms with E-state index in [4.69, 9.17) is 20.3 Å². The monoisotopic (exact) mass is 276 g/mol. The first-order valence-electron chi connectivity index (χ1n) is 6.12. The summed E-state index contributed by atoms with van der Waals surface area (Å²) >= 11 is 0. The smallest absolute Gasteiger partial charge is 0.330 e. The second kappa shape index (κ2) is 6.16. The lowest BCUT2D eigenvalue weighted by Crippen LogP contribution is -2.11. The van der Waals surface area contributed by atoms with Crippen molar-refractivity contribution in [3.63, 3.8) is 0 Å². The molecule has 0 fully saturated rings. The van der Waals surface area contributed by atoms with Gasteiger partial charge in [0.15, 0.2) is 0 Å². The molecule has 0 bridgehead atoms. The van der Waals surface area contributed by atoms with Crippen LogP contribution in [0, 0.1) is 0 Å². The summed E-state index contributed by atoms with van der Waals surface area (Å²) < 4.78 is 10.8. The molecule has 1 aromatic carbocycles. The van der Waals surface area contributed by atoms with Gasteiger partial charge >= 0.3 is 12.0 Å². The summed E-state index contributed by atoms with van der Waals surface area (Å²) in [4.78, 5) is 11.8. The highest BCUT2D eigenvalue weighted by Gasteiger charge is 2.09. The fourth-order valence-electron chi connectivity index (χ4n) is 1.47.